The normalized spacial score (nSPS) is 19.2. The molecule has 12 heteroatoms. The molecule has 2 heterocycles. The first-order chi connectivity index (χ1) is 19.5. The van der Waals surface area contributed by atoms with Crippen LogP contribution in [0.2, 0.25) is 0 Å². The molecule has 0 unspecified atom stereocenters. The summed E-state index contributed by atoms with van der Waals surface area (Å²) in [5, 5.41) is 16.3. The summed E-state index contributed by atoms with van der Waals surface area (Å²) in [6, 6.07) is 11.7. The van der Waals surface area contributed by atoms with Crippen LogP contribution < -0.4 is 16.4 Å². The Labute approximate surface area is 236 Å². The van der Waals surface area contributed by atoms with Crippen molar-refractivity contribution in [2.24, 2.45) is 5.73 Å². The summed E-state index contributed by atoms with van der Waals surface area (Å²) < 4.78 is 40.6. The molecule has 4 rings (SSSR count). The van der Waals surface area contributed by atoms with E-state index in [1.165, 1.54) is 9.80 Å². The Bertz CT molecular complexity index is 1260. The summed E-state index contributed by atoms with van der Waals surface area (Å²) in [6.07, 6.45) is -2.61. The zero-order valence-electron chi connectivity index (χ0n) is 22.4. The van der Waals surface area contributed by atoms with Crippen molar-refractivity contribution in [3.8, 4) is 0 Å². The van der Waals surface area contributed by atoms with Gasteiger partial charge in [-0.25, -0.2) is 4.79 Å². The van der Waals surface area contributed by atoms with Crippen molar-refractivity contribution >= 4 is 23.9 Å². The highest BCUT2D eigenvalue weighted by molar-refractivity contribution is 5.92. The quantitative estimate of drug-likeness (QED) is 0.348. The second-order valence-electron chi connectivity index (χ2n) is 10.4. The molecule has 0 saturated carbocycles. The van der Waals surface area contributed by atoms with E-state index in [-0.39, 0.29) is 32.5 Å². The summed E-state index contributed by atoms with van der Waals surface area (Å²) in [5.41, 5.74) is 7.95. The number of rotatable bonds is 10. The second-order valence-corrected chi connectivity index (χ2v) is 10.4. The number of primary amides is 1. The van der Waals surface area contributed by atoms with E-state index in [0.717, 1.165) is 16.7 Å². The summed E-state index contributed by atoms with van der Waals surface area (Å²) in [4.78, 5) is 40.8. The lowest BCUT2D eigenvalue weighted by atomic mass is 9.99. The Hall–Kier alpha value is -3.90. The van der Waals surface area contributed by atoms with Gasteiger partial charge in [0.25, 0.3) is 0 Å². The zero-order valence-corrected chi connectivity index (χ0v) is 22.4. The number of aliphatic hydroxyl groups excluding tert-OH is 1. The van der Waals surface area contributed by atoms with E-state index in [1.807, 2.05) is 24.3 Å². The number of amides is 4. The lowest BCUT2D eigenvalue weighted by Crippen LogP contribution is -2.57. The number of nitrogens with one attached hydrogen (secondary N) is 2. The molecule has 4 atom stereocenters. The molecule has 2 aliphatic rings. The number of carbonyl (C=O) groups excluding carboxylic acids is 3. The van der Waals surface area contributed by atoms with E-state index in [4.69, 9.17) is 5.73 Å². The van der Waals surface area contributed by atoms with Crippen molar-refractivity contribution < 1.29 is 32.7 Å². The molecule has 0 spiro atoms. The first-order valence-electron chi connectivity index (χ1n) is 13.5. The van der Waals surface area contributed by atoms with Crippen molar-refractivity contribution in [1.29, 1.82) is 0 Å². The first-order valence-corrected chi connectivity index (χ1v) is 13.5. The van der Waals surface area contributed by atoms with Crippen molar-refractivity contribution in [2.45, 2.75) is 62.6 Å². The van der Waals surface area contributed by atoms with Crippen molar-refractivity contribution in [3.63, 3.8) is 0 Å². The van der Waals surface area contributed by atoms with Crippen LogP contribution in [0.4, 0.5) is 18.0 Å². The van der Waals surface area contributed by atoms with Crippen LogP contribution in [0.3, 0.4) is 0 Å². The number of hydrogen-bond acceptors (Lipinski definition) is 5. The molecule has 41 heavy (non-hydrogen) atoms. The van der Waals surface area contributed by atoms with Crippen LogP contribution in [0.1, 0.15) is 36.0 Å². The lowest BCUT2D eigenvalue weighted by molar-refractivity contribution is -0.178. The topological polar surface area (TPSA) is 128 Å². The van der Waals surface area contributed by atoms with Gasteiger partial charge < -0.3 is 21.5 Å². The number of urea groups is 1. The van der Waals surface area contributed by atoms with Crippen LogP contribution in [-0.2, 0) is 22.6 Å². The van der Waals surface area contributed by atoms with Crippen LogP contribution in [0.25, 0.3) is 6.08 Å². The van der Waals surface area contributed by atoms with E-state index in [9.17, 15) is 32.7 Å². The van der Waals surface area contributed by atoms with Gasteiger partial charge in [-0.2, -0.15) is 13.2 Å². The van der Waals surface area contributed by atoms with E-state index >= 15 is 0 Å². The number of benzene rings is 2. The Balaban J connectivity index is 1.48. The Morgan fingerprint density at radius 3 is 2.46 bits per heavy atom. The fourth-order valence-electron chi connectivity index (χ4n) is 5.25. The lowest BCUT2D eigenvalue weighted by Gasteiger charge is -2.33. The number of fused-ring (bicyclic) bond motifs is 1. The monoisotopic (exact) mass is 573 g/mol. The third-order valence-electron chi connectivity index (χ3n) is 7.36. The van der Waals surface area contributed by atoms with Gasteiger partial charge in [0, 0.05) is 12.7 Å². The summed E-state index contributed by atoms with van der Waals surface area (Å²) in [5.74, 6) is -1.62. The average Bonchev–Trinajstić information content (AvgIpc) is 3.41. The molecule has 4 amide bonds. The molecule has 2 aliphatic heterocycles. The maximum atomic E-state index is 13.5. The van der Waals surface area contributed by atoms with Crippen molar-refractivity contribution in [3.05, 3.63) is 77.5 Å². The first kappa shape index (κ1) is 30.1. The highest BCUT2D eigenvalue weighted by atomic mass is 19.4. The van der Waals surface area contributed by atoms with Gasteiger partial charge in [-0.05, 0) is 48.6 Å². The second kappa shape index (κ2) is 13.2. The Morgan fingerprint density at radius 1 is 1.05 bits per heavy atom. The number of hydrogen-bond donors (Lipinski definition) is 4. The molecule has 1 fully saturated rings. The number of halogens is 3. The number of alkyl halides is 3. The van der Waals surface area contributed by atoms with E-state index in [0.29, 0.717) is 6.42 Å². The van der Waals surface area contributed by atoms with Crippen LogP contribution in [-0.4, -0.2) is 76.2 Å². The fraction of sp³-hybridized carbons (Fsp3) is 0.414. The van der Waals surface area contributed by atoms with Crippen LogP contribution >= 0.6 is 0 Å². The average molecular weight is 574 g/mol. The summed E-state index contributed by atoms with van der Waals surface area (Å²) >= 11 is 0. The van der Waals surface area contributed by atoms with Gasteiger partial charge in [-0.3, -0.25) is 19.4 Å². The fourth-order valence-corrected chi connectivity index (χ4v) is 5.25. The summed E-state index contributed by atoms with van der Waals surface area (Å²) in [7, 11) is 0. The van der Waals surface area contributed by atoms with Gasteiger partial charge in [-0.1, -0.05) is 54.6 Å². The van der Waals surface area contributed by atoms with Crippen molar-refractivity contribution in [2.75, 3.05) is 13.1 Å². The van der Waals surface area contributed by atoms with E-state index in [2.05, 4.69) is 10.6 Å². The van der Waals surface area contributed by atoms with Gasteiger partial charge in [0.15, 0.2) is 0 Å². The standard InChI is InChI=1S/C29H34F3N5O4/c30-29(31,32)25-11-6-13-36(25)18-24(38)22(15-19-7-2-1-3-8-19)34-27(40)23(16-26(33)39)35-28(41)37-14-12-20-9-4-5-10-21(20)17-37/h1-5,7-10,12,14,22-25,38H,6,11,13,15-18H2,(H2,33,39)(H,34,40)(H,35,41)/t22-,23-,24+,25-/m0/s1. The minimum absolute atomic E-state index is 0.0614. The molecular weight excluding hydrogens is 539 g/mol. The minimum atomic E-state index is -4.44. The Morgan fingerprint density at radius 2 is 1.76 bits per heavy atom. The van der Waals surface area contributed by atoms with Gasteiger partial charge in [0.1, 0.15) is 12.1 Å². The highest BCUT2D eigenvalue weighted by Crippen LogP contribution is 2.32. The molecule has 220 valence electrons. The van der Waals surface area contributed by atoms with Crippen molar-refractivity contribution in [1.82, 2.24) is 20.4 Å². The molecule has 5 N–H and O–H groups in total. The van der Waals surface area contributed by atoms with Gasteiger partial charge in [-0.15, -0.1) is 0 Å². The minimum Gasteiger partial charge on any atom is -0.390 e. The van der Waals surface area contributed by atoms with E-state index in [1.54, 1.807) is 42.6 Å². The maximum Gasteiger partial charge on any atom is 0.404 e. The molecule has 1 saturated heterocycles. The molecule has 2 aromatic rings. The van der Waals surface area contributed by atoms with Crippen LogP contribution in [0.15, 0.2) is 60.8 Å². The number of carbonyl (C=O) groups is 3. The number of likely N-dealkylation sites (tertiary alicyclic amines) is 1. The van der Waals surface area contributed by atoms with Gasteiger partial charge in [0.05, 0.1) is 25.1 Å². The number of nitrogens with zero attached hydrogens (tertiary/aromatic N) is 2. The Kier molecular flexibility index (Phi) is 9.66. The molecular formula is C29H34F3N5O4. The summed E-state index contributed by atoms with van der Waals surface area (Å²) in [6.45, 7) is 0.0990. The van der Waals surface area contributed by atoms with Crippen LogP contribution in [0.5, 0.6) is 0 Å². The van der Waals surface area contributed by atoms with Gasteiger partial charge >= 0.3 is 12.2 Å². The number of nitrogens with two attached hydrogens (primary N) is 1. The third kappa shape index (κ3) is 8.08. The largest absolute Gasteiger partial charge is 0.404 e. The smallest absolute Gasteiger partial charge is 0.390 e. The number of β-amino-alcohol motifs (C(OH)–C–C–N with tert-alkyl or cyclic N) is 1. The highest BCUT2D eigenvalue weighted by Gasteiger charge is 2.46. The maximum absolute atomic E-state index is 13.5. The third-order valence-corrected chi connectivity index (χ3v) is 7.36. The van der Waals surface area contributed by atoms with Crippen LogP contribution in [0, 0.1) is 0 Å². The number of aliphatic hydroxyl groups is 1. The molecule has 0 radical (unpaired) electrons. The molecule has 0 aromatic heterocycles. The van der Waals surface area contributed by atoms with E-state index < -0.39 is 54.7 Å². The molecule has 0 bridgehead atoms. The molecule has 9 nitrogen and oxygen atoms in total. The predicted octanol–water partition coefficient (Wildman–Crippen LogP) is 2.54. The SMILES string of the molecule is NC(=O)C[C@H](NC(=O)N1C=Cc2ccccc2C1)C(=O)N[C@@H](Cc1ccccc1)[C@H](O)CN1CCC[C@H]1C(F)(F)F. The van der Waals surface area contributed by atoms with Gasteiger partial charge in [0.2, 0.25) is 11.8 Å². The zero-order chi connectivity index (χ0) is 29.6. The molecule has 0 aliphatic carbocycles. The predicted molar refractivity (Wildman–Crippen MR) is 146 cm³/mol. The molecule has 2 aromatic carbocycles.